The summed E-state index contributed by atoms with van der Waals surface area (Å²) in [5, 5.41) is 8.81. The second-order valence-electron chi connectivity index (χ2n) is 4.30. The van der Waals surface area contributed by atoms with Crippen molar-refractivity contribution >= 4 is 23.3 Å². The van der Waals surface area contributed by atoms with Crippen LogP contribution in [0.5, 0.6) is 0 Å². The lowest BCUT2D eigenvalue weighted by atomic mass is 10.1. The van der Waals surface area contributed by atoms with Crippen LogP contribution in [-0.4, -0.2) is 38.8 Å². The smallest absolute Gasteiger partial charge is 0.276 e. The standard InChI is InChI=1S/C11H12F3N3O2S/c12-6(5(4-18)9(13)14)3-17-7-1-2-15-8(7)10(19)16-11(17)20/h1-2,5-6,9,15,18H,3-4H2,(H,16,19,20). The Hall–Kier alpha value is -1.61. The van der Waals surface area contributed by atoms with E-state index in [9.17, 15) is 18.0 Å². The van der Waals surface area contributed by atoms with E-state index in [0.29, 0.717) is 5.52 Å². The van der Waals surface area contributed by atoms with Gasteiger partial charge in [-0.25, -0.2) is 13.2 Å². The van der Waals surface area contributed by atoms with Crippen LogP contribution < -0.4 is 5.56 Å². The second-order valence-corrected chi connectivity index (χ2v) is 4.69. The second kappa shape index (κ2) is 5.80. The molecule has 0 bridgehead atoms. The molecule has 5 nitrogen and oxygen atoms in total. The van der Waals surface area contributed by atoms with Crippen molar-refractivity contribution in [2.24, 2.45) is 5.92 Å². The molecule has 110 valence electrons. The van der Waals surface area contributed by atoms with Gasteiger partial charge in [0.15, 0.2) is 4.77 Å². The van der Waals surface area contributed by atoms with Crippen LogP contribution in [0, 0.1) is 10.7 Å². The predicted molar refractivity (Wildman–Crippen MR) is 69.2 cm³/mol. The van der Waals surface area contributed by atoms with E-state index in [1.54, 1.807) is 0 Å². The summed E-state index contributed by atoms with van der Waals surface area (Å²) >= 11 is 4.92. The first-order valence-electron chi connectivity index (χ1n) is 5.79. The molecule has 0 aliphatic rings. The van der Waals surface area contributed by atoms with E-state index in [-0.39, 0.29) is 10.3 Å². The molecule has 0 amide bonds. The number of hydrogen-bond donors (Lipinski definition) is 3. The number of hydrogen-bond acceptors (Lipinski definition) is 3. The summed E-state index contributed by atoms with van der Waals surface area (Å²) in [5.41, 5.74) is 0.0463. The monoisotopic (exact) mass is 307 g/mol. The van der Waals surface area contributed by atoms with Crippen molar-refractivity contribution < 1.29 is 18.3 Å². The number of H-pyrrole nitrogens is 2. The van der Waals surface area contributed by atoms with Crippen LogP contribution in [0.15, 0.2) is 17.1 Å². The molecule has 2 heterocycles. The molecular formula is C11H12F3N3O2S. The van der Waals surface area contributed by atoms with Gasteiger partial charge in [0.25, 0.3) is 5.56 Å². The lowest BCUT2D eigenvalue weighted by Gasteiger charge is -2.19. The first-order valence-corrected chi connectivity index (χ1v) is 6.19. The SMILES string of the molecule is O=c1[nH]c(=S)n(CC(F)C(CO)C(F)F)c2cc[nH]c12. The molecular weight excluding hydrogens is 295 g/mol. The first kappa shape index (κ1) is 14.8. The van der Waals surface area contributed by atoms with Gasteiger partial charge in [-0.1, -0.05) is 0 Å². The van der Waals surface area contributed by atoms with Gasteiger partial charge in [-0.3, -0.25) is 9.78 Å². The number of nitrogens with zero attached hydrogens (tertiary/aromatic N) is 1. The molecule has 2 atom stereocenters. The van der Waals surface area contributed by atoms with Crippen LogP contribution in [0.3, 0.4) is 0 Å². The van der Waals surface area contributed by atoms with Crippen LogP contribution in [0.25, 0.3) is 11.0 Å². The number of halogens is 3. The number of alkyl halides is 3. The van der Waals surface area contributed by atoms with Crippen LogP contribution in [-0.2, 0) is 6.54 Å². The Kier molecular flexibility index (Phi) is 4.29. The van der Waals surface area contributed by atoms with E-state index < -0.39 is 37.2 Å². The van der Waals surface area contributed by atoms with Gasteiger partial charge >= 0.3 is 0 Å². The molecule has 2 unspecified atom stereocenters. The molecule has 0 aliphatic carbocycles. The molecule has 20 heavy (non-hydrogen) atoms. The zero-order valence-corrected chi connectivity index (χ0v) is 11.0. The Balaban J connectivity index is 2.41. The summed E-state index contributed by atoms with van der Waals surface area (Å²) in [6.45, 7) is -1.44. The van der Waals surface area contributed by atoms with Crippen molar-refractivity contribution in [3.05, 3.63) is 27.4 Å². The van der Waals surface area contributed by atoms with Gasteiger partial charge in [0.1, 0.15) is 11.7 Å². The van der Waals surface area contributed by atoms with Gasteiger partial charge < -0.3 is 14.7 Å². The summed E-state index contributed by atoms with van der Waals surface area (Å²) in [5.74, 6) is -1.79. The molecule has 3 N–H and O–H groups in total. The van der Waals surface area contributed by atoms with Crippen molar-refractivity contribution in [2.75, 3.05) is 6.61 Å². The summed E-state index contributed by atoms with van der Waals surface area (Å²) in [7, 11) is 0. The number of fused-ring (bicyclic) bond motifs is 1. The fourth-order valence-corrected chi connectivity index (χ4v) is 2.21. The minimum atomic E-state index is -2.98. The van der Waals surface area contributed by atoms with Crippen LogP contribution in [0.2, 0.25) is 0 Å². The van der Waals surface area contributed by atoms with Crippen molar-refractivity contribution in [1.82, 2.24) is 14.5 Å². The molecule has 0 radical (unpaired) electrons. The fraction of sp³-hybridized carbons (Fsp3) is 0.455. The number of aromatic amines is 2. The van der Waals surface area contributed by atoms with E-state index in [1.165, 1.54) is 16.8 Å². The lowest BCUT2D eigenvalue weighted by molar-refractivity contribution is -0.00793. The molecule has 2 aromatic rings. The molecule has 2 aromatic heterocycles. The quantitative estimate of drug-likeness (QED) is 0.735. The maximum Gasteiger partial charge on any atom is 0.276 e. The molecule has 0 aromatic carbocycles. The van der Waals surface area contributed by atoms with Gasteiger partial charge in [-0.15, -0.1) is 0 Å². The summed E-state index contributed by atoms with van der Waals surface area (Å²) < 4.78 is 40.2. The third-order valence-corrected chi connectivity index (χ3v) is 3.39. The normalized spacial score (nSPS) is 14.8. The van der Waals surface area contributed by atoms with Crippen LogP contribution >= 0.6 is 12.2 Å². The average molecular weight is 307 g/mol. The maximum atomic E-state index is 13.9. The van der Waals surface area contributed by atoms with E-state index >= 15 is 0 Å². The highest BCUT2D eigenvalue weighted by molar-refractivity contribution is 7.71. The van der Waals surface area contributed by atoms with Crippen molar-refractivity contribution in [3.8, 4) is 0 Å². The summed E-state index contributed by atoms with van der Waals surface area (Å²) in [6, 6.07) is 1.50. The highest BCUT2D eigenvalue weighted by atomic mass is 32.1. The fourth-order valence-electron chi connectivity index (χ4n) is 1.95. The van der Waals surface area contributed by atoms with E-state index in [4.69, 9.17) is 17.3 Å². The van der Waals surface area contributed by atoms with Crippen LogP contribution in [0.1, 0.15) is 0 Å². The van der Waals surface area contributed by atoms with Gasteiger partial charge in [-0.05, 0) is 18.3 Å². The minimum absolute atomic E-state index is 0.0595. The zero-order valence-electron chi connectivity index (χ0n) is 10.1. The van der Waals surface area contributed by atoms with E-state index in [1.807, 2.05) is 0 Å². The Morgan fingerprint density at radius 1 is 1.40 bits per heavy atom. The number of aromatic nitrogens is 3. The minimum Gasteiger partial charge on any atom is -0.396 e. The van der Waals surface area contributed by atoms with E-state index in [2.05, 4.69) is 9.97 Å². The van der Waals surface area contributed by atoms with Gasteiger partial charge in [0.05, 0.1) is 24.6 Å². The van der Waals surface area contributed by atoms with Gasteiger partial charge in [0.2, 0.25) is 6.43 Å². The predicted octanol–water partition coefficient (Wildman–Crippen LogP) is 1.60. The largest absolute Gasteiger partial charge is 0.396 e. The third-order valence-electron chi connectivity index (χ3n) is 3.06. The lowest BCUT2D eigenvalue weighted by Crippen LogP contribution is -2.31. The van der Waals surface area contributed by atoms with Gasteiger partial charge in [0, 0.05) is 6.20 Å². The summed E-state index contributed by atoms with van der Waals surface area (Å²) in [6.07, 6.45) is -3.50. The van der Waals surface area contributed by atoms with Crippen molar-refractivity contribution in [1.29, 1.82) is 0 Å². The van der Waals surface area contributed by atoms with E-state index in [0.717, 1.165) is 0 Å². The Labute approximate surface area is 116 Å². The van der Waals surface area contributed by atoms with Crippen molar-refractivity contribution in [2.45, 2.75) is 19.1 Å². The number of aliphatic hydroxyl groups excluding tert-OH is 1. The number of aliphatic hydroxyl groups is 1. The molecule has 9 heteroatoms. The first-order chi connectivity index (χ1) is 9.45. The molecule has 0 saturated carbocycles. The highest BCUT2D eigenvalue weighted by Crippen LogP contribution is 2.20. The third kappa shape index (κ3) is 2.63. The highest BCUT2D eigenvalue weighted by Gasteiger charge is 2.30. The number of rotatable bonds is 5. The molecule has 2 rings (SSSR count). The Bertz CT molecular complexity index is 709. The summed E-state index contributed by atoms with van der Waals surface area (Å²) in [4.78, 5) is 16.6. The average Bonchev–Trinajstić information content (AvgIpc) is 2.84. The maximum absolute atomic E-state index is 13.9. The van der Waals surface area contributed by atoms with Gasteiger partial charge in [-0.2, -0.15) is 0 Å². The molecule has 0 aliphatic heterocycles. The molecule has 0 fully saturated rings. The number of nitrogens with one attached hydrogen (secondary N) is 2. The van der Waals surface area contributed by atoms with Crippen LogP contribution in [0.4, 0.5) is 13.2 Å². The Morgan fingerprint density at radius 3 is 2.70 bits per heavy atom. The molecule has 0 saturated heterocycles. The topological polar surface area (TPSA) is 73.8 Å². The zero-order chi connectivity index (χ0) is 14.9. The molecule has 0 spiro atoms. The Morgan fingerprint density at radius 2 is 2.10 bits per heavy atom. The van der Waals surface area contributed by atoms with Crippen molar-refractivity contribution in [3.63, 3.8) is 0 Å².